The Morgan fingerprint density at radius 2 is 1.94 bits per heavy atom. The molecule has 0 amide bonds. The molecule has 0 aliphatic carbocycles. The van der Waals surface area contributed by atoms with Gasteiger partial charge < -0.3 is 4.74 Å². The third-order valence-corrected chi connectivity index (χ3v) is 4.54. The van der Waals surface area contributed by atoms with E-state index in [0.717, 1.165) is 24.0 Å². The lowest BCUT2D eigenvalue weighted by Gasteiger charge is -2.09. The molecular weight excluding hydrogens is 450 g/mol. The molecule has 1 heterocycles. The Morgan fingerprint density at radius 3 is 2.50 bits per heavy atom. The van der Waals surface area contributed by atoms with Gasteiger partial charge in [-0.2, -0.15) is 0 Å². The first-order chi connectivity index (χ1) is 8.60. The molecule has 0 atom stereocenters. The molecule has 0 aliphatic rings. The maximum atomic E-state index is 5.75. The number of ether oxygens (including phenoxy) is 1. The third kappa shape index (κ3) is 3.45. The quantitative estimate of drug-likeness (QED) is 0.531. The lowest BCUT2D eigenvalue weighted by Crippen LogP contribution is -2.05. The van der Waals surface area contributed by atoms with Crippen molar-refractivity contribution in [3.63, 3.8) is 0 Å². The largest absolute Gasteiger partial charge is 0.486 e. The van der Waals surface area contributed by atoms with Crippen LogP contribution in [0.25, 0.3) is 0 Å². The molecule has 2 rings (SSSR count). The summed E-state index contributed by atoms with van der Waals surface area (Å²) in [5, 5.41) is 0.669. The number of hydrogen-bond donors (Lipinski definition) is 2. The standard InChI is InChI=1S/C10H8Br3N3OS/c11-5-1-7(12)9(8(13)2-5)17-4-6-3-15-10(16-14)18-6/h1-3H,4,14H2,(H,15,16). The van der Waals surface area contributed by atoms with Crippen molar-refractivity contribution in [3.8, 4) is 5.75 Å². The molecule has 3 N–H and O–H groups in total. The summed E-state index contributed by atoms with van der Waals surface area (Å²) in [5.74, 6) is 6.03. The SMILES string of the molecule is NNc1ncc(COc2c(Br)cc(Br)cc2Br)s1. The topological polar surface area (TPSA) is 60.2 Å². The summed E-state index contributed by atoms with van der Waals surface area (Å²) in [4.78, 5) is 5.07. The van der Waals surface area contributed by atoms with Crippen molar-refractivity contribution in [2.75, 3.05) is 5.43 Å². The maximum Gasteiger partial charge on any atom is 0.197 e. The molecule has 0 radical (unpaired) electrons. The molecule has 1 aromatic heterocycles. The highest BCUT2D eigenvalue weighted by Gasteiger charge is 2.09. The fourth-order valence-electron chi connectivity index (χ4n) is 1.25. The first kappa shape index (κ1) is 14.3. The van der Waals surface area contributed by atoms with E-state index < -0.39 is 0 Å². The van der Waals surface area contributed by atoms with Crippen LogP contribution in [0.3, 0.4) is 0 Å². The molecule has 0 saturated carbocycles. The number of nitrogens with one attached hydrogen (secondary N) is 1. The predicted molar refractivity (Wildman–Crippen MR) is 83.8 cm³/mol. The summed E-state index contributed by atoms with van der Waals surface area (Å²) in [7, 11) is 0. The number of aromatic nitrogens is 1. The zero-order chi connectivity index (χ0) is 13.1. The second-order valence-corrected chi connectivity index (χ2v) is 7.00. The van der Waals surface area contributed by atoms with Crippen LogP contribution >= 0.6 is 59.1 Å². The van der Waals surface area contributed by atoms with E-state index in [1.54, 1.807) is 6.20 Å². The highest BCUT2D eigenvalue weighted by atomic mass is 79.9. The fourth-order valence-corrected chi connectivity index (χ4v) is 4.37. The molecule has 0 fully saturated rings. The first-order valence-corrected chi connectivity index (χ1v) is 7.98. The molecule has 0 aliphatic heterocycles. The third-order valence-electron chi connectivity index (χ3n) is 2.00. The van der Waals surface area contributed by atoms with Gasteiger partial charge >= 0.3 is 0 Å². The van der Waals surface area contributed by atoms with Crippen LogP contribution in [0.2, 0.25) is 0 Å². The summed E-state index contributed by atoms with van der Waals surface area (Å²) in [6.45, 7) is 0.443. The van der Waals surface area contributed by atoms with Gasteiger partial charge in [-0.05, 0) is 44.0 Å². The Balaban J connectivity index is 2.10. The fraction of sp³-hybridized carbons (Fsp3) is 0.100. The van der Waals surface area contributed by atoms with Crippen LogP contribution in [0.5, 0.6) is 5.75 Å². The summed E-state index contributed by atoms with van der Waals surface area (Å²) >= 11 is 11.8. The van der Waals surface area contributed by atoms with Crippen molar-refractivity contribution in [1.29, 1.82) is 0 Å². The van der Waals surface area contributed by atoms with E-state index in [1.807, 2.05) is 12.1 Å². The van der Waals surface area contributed by atoms with Gasteiger partial charge in [-0.25, -0.2) is 10.8 Å². The number of rotatable bonds is 4. The average molecular weight is 458 g/mol. The Labute approximate surface area is 133 Å². The Hall–Kier alpha value is -0.150. The minimum Gasteiger partial charge on any atom is -0.486 e. The number of anilines is 1. The lowest BCUT2D eigenvalue weighted by atomic mass is 10.3. The minimum absolute atomic E-state index is 0.443. The molecule has 2 aromatic rings. The molecule has 96 valence electrons. The van der Waals surface area contributed by atoms with Gasteiger partial charge in [0.2, 0.25) is 0 Å². The molecule has 18 heavy (non-hydrogen) atoms. The van der Waals surface area contributed by atoms with Gasteiger partial charge in [-0.15, -0.1) is 0 Å². The molecule has 0 saturated heterocycles. The van der Waals surface area contributed by atoms with Crippen LogP contribution in [0.15, 0.2) is 31.7 Å². The monoisotopic (exact) mass is 455 g/mol. The molecular formula is C10H8Br3N3OS. The summed E-state index contributed by atoms with van der Waals surface area (Å²) in [6, 6.07) is 3.86. The van der Waals surface area contributed by atoms with Crippen LogP contribution in [0.4, 0.5) is 5.13 Å². The van der Waals surface area contributed by atoms with Crippen LogP contribution in [-0.2, 0) is 6.61 Å². The Bertz CT molecular complexity index is 538. The van der Waals surface area contributed by atoms with Crippen molar-refractivity contribution in [3.05, 3.63) is 36.6 Å². The van der Waals surface area contributed by atoms with E-state index >= 15 is 0 Å². The van der Waals surface area contributed by atoms with Crippen LogP contribution in [0.1, 0.15) is 4.88 Å². The van der Waals surface area contributed by atoms with Gasteiger partial charge in [0.1, 0.15) is 12.4 Å². The average Bonchev–Trinajstić information content (AvgIpc) is 2.75. The molecule has 1 aromatic carbocycles. The van der Waals surface area contributed by atoms with Gasteiger partial charge in [0.15, 0.2) is 5.13 Å². The summed E-state index contributed by atoms with van der Waals surface area (Å²) < 4.78 is 8.49. The normalized spacial score (nSPS) is 10.4. The van der Waals surface area contributed by atoms with Gasteiger partial charge in [-0.1, -0.05) is 27.3 Å². The second kappa shape index (κ2) is 6.33. The van der Waals surface area contributed by atoms with Crippen molar-refractivity contribution < 1.29 is 4.74 Å². The summed E-state index contributed by atoms with van der Waals surface area (Å²) in [6.07, 6.45) is 1.74. The van der Waals surface area contributed by atoms with Gasteiger partial charge in [0, 0.05) is 10.7 Å². The molecule has 0 bridgehead atoms. The number of benzene rings is 1. The maximum absolute atomic E-state index is 5.75. The number of hydrazine groups is 1. The highest BCUT2D eigenvalue weighted by molar-refractivity contribution is 9.11. The molecule has 0 unspecified atom stereocenters. The van der Waals surface area contributed by atoms with E-state index in [2.05, 4.69) is 58.2 Å². The van der Waals surface area contributed by atoms with Crippen molar-refractivity contribution >= 4 is 64.3 Å². The van der Waals surface area contributed by atoms with Gasteiger partial charge in [0.25, 0.3) is 0 Å². The number of nitrogens with zero attached hydrogens (tertiary/aromatic N) is 1. The number of halogens is 3. The van der Waals surface area contributed by atoms with Crippen LogP contribution in [0, 0.1) is 0 Å². The van der Waals surface area contributed by atoms with Crippen LogP contribution in [-0.4, -0.2) is 4.98 Å². The Kier molecular flexibility index (Phi) is 5.02. The molecule has 4 nitrogen and oxygen atoms in total. The Morgan fingerprint density at radius 1 is 1.28 bits per heavy atom. The summed E-state index contributed by atoms with van der Waals surface area (Å²) in [5.41, 5.74) is 2.50. The highest BCUT2D eigenvalue weighted by Crippen LogP contribution is 2.37. The van der Waals surface area contributed by atoms with E-state index in [0.29, 0.717) is 11.7 Å². The number of nitrogens with two attached hydrogens (primary N) is 1. The van der Waals surface area contributed by atoms with E-state index in [4.69, 9.17) is 10.6 Å². The molecule has 0 spiro atoms. The second-order valence-electron chi connectivity index (χ2n) is 3.26. The minimum atomic E-state index is 0.443. The number of nitrogen functional groups attached to an aromatic ring is 1. The zero-order valence-corrected chi connectivity index (χ0v) is 14.5. The van der Waals surface area contributed by atoms with Crippen molar-refractivity contribution in [2.24, 2.45) is 5.84 Å². The van der Waals surface area contributed by atoms with Gasteiger partial charge in [-0.3, -0.25) is 5.43 Å². The number of hydrogen-bond acceptors (Lipinski definition) is 5. The lowest BCUT2D eigenvalue weighted by molar-refractivity contribution is 0.305. The van der Waals surface area contributed by atoms with E-state index in [1.165, 1.54) is 11.3 Å². The van der Waals surface area contributed by atoms with Gasteiger partial charge in [0.05, 0.1) is 13.8 Å². The van der Waals surface area contributed by atoms with Crippen molar-refractivity contribution in [1.82, 2.24) is 4.98 Å². The smallest absolute Gasteiger partial charge is 0.197 e. The van der Waals surface area contributed by atoms with E-state index in [9.17, 15) is 0 Å². The number of thiazole rings is 1. The zero-order valence-electron chi connectivity index (χ0n) is 8.91. The first-order valence-electron chi connectivity index (χ1n) is 4.79. The predicted octanol–water partition coefficient (Wildman–Crippen LogP) is 4.30. The van der Waals surface area contributed by atoms with E-state index in [-0.39, 0.29) is 0 Å². The van der Waals surface area contributed by atoms with Crippen molar-refractivity contribution in [2.45, 2.75) is 6.61 Å². The van der Waals surface area contributed by atoms with Crippen LogP contribution < -0.4 is 16.0 Å². The molecule has 8 heteroatoms.